The van der Waals surface area contributed by atoms with Gasteiger partial charge in [0.2, 0.25) is 0 Å². The third kappa shape index (κ3) is 3.15. The number of fused-ring (bicyclic) bond motifs is 2. The van der Waals surface area contributed by atoms with Gasteiger partial charge in [-0.3, -0.25) is 9.78 Å². The molecule has 4 heterocycles. The molecule has 0 bridgehead atoms. The summed E-state index contributed by atoms with van der Waals surface area (Å²) in [4.78, 5) is 19.8. The molecule has 1 aromatic carbocycles. The molecule has 7 heteroatoms. The quantitative estimate of drug-likeness (QED) is 0.543. The average Bonchev–Trinajstić information content (AvgIpc) is 3.26. The molecule has 1 N–H and O–H groups in total. The number of benzene rings is 1. The van der Waals surface area contributed by atoms with Gasteiger partial charge in [0, 0.05) is 62.6 Å². The number of hydrogen-bond acceptors (Lipinski definition) is 5. The van der Waals surface area contributed by atoms with E-state index in [0.717, 1.165) is 31.6 Å². The van der Waals surface area contributed by atoms with Crippen molar-refractivity contribution in [1.29, 1.82) is 5.26 Å². The molecule has 0 amide bonds. The van der Waals surface area contributed by atoms with E-state index in [4.69, 9.17) is 0 Å². The van der Waals surface area contributed by atoms with E-state index in [1.807, 2.05) is 12.1 Å². The van der Waals surface area contributed by atoms with Crippen LogP contribution < -0.4 is 15.8 Å². The van der Waals surface area contributed by atoms with Crippen molar-refractivity contribution in [3.63, 3.8) is 0 Å². The zero-order valence-electron chi connectivity index (χ0n) is 18.4. The first kappa shape index (κ1) is 20.3. The minimum atomic E-state index is -0.276. The number of pyridine rings is 2. The number of nitriles is 1. The summed E-state index contributed by atoms with van der Waals surface area (Å²) < 4.78 is 3.78. The van der Waals surface area contributed by atoms with Gasteiger partial charge in [0.1, 0.15) is 17.1 Å². The maximum atomic E-state index is 13.0. The molecule has 3 aromatic heterocycles. The lowest BCUT2D eigenvalue weighted by Crippen LogP contribution is -2.53. The number of rotatable bonds is 4. The van der Waals surface area contributed by atoms with Crippen molar-refractivity contribution in [2.24, 2.45) is 7.05 Å². The third-order valence-corrected chi connectivity index (χ3v) is 6.58. The highest BCUT2D eigenvalue weighted by Gasteiger charge is 2.29. The van der Waals surface area contributed by atoms with Gasteiger partial charge in [-0.1, -0.05) is 12.1 Å². The molecule has 4 aromatic rings. The fourth-order valence-electron chi connectivity index (χ4n) is 4.96. The van der Waals surface area contributed by atoms with Gasteiger partial charge in [0.25, 0.3) is 5.56 Å². The molecule has 1 fully saturated rings. The zero-order chi connectivity index (χ0) is 22.2. The number of aromatic nitrogens is 3. The molecule has 0 radical (unpaired) electrons. The van der Waals surface area contributed by atoms with E-state index >= 15 is 0 Å². The molecule has 5 rings (SSSR count). The fourth-order valence-corrected chi connectivity index (χ4v) is 4.96. The molecular formula is C25H26N6O. The monoisotopic (exact) mass is 426 g/mol. The lowest BCUT2D eigenvalue weighted by molar-refractivity contribution is 0.474. The summed E-state index contributed by atoms with van der Waals surface area (Å²) in [5, 5.41) is 14.7. The van der Waals surface area contributed by atoms with Crippen LogP contribution in [-0.4, -0.2) is 39.8 Å². The molecule has 0 spiro atoms. The zero-order valence-corrected chi connectivity index (χ0v) is 18.4. The van der Waals surface area contributed by atoms with Crippen LogP contribution in [0.1, 0.15) is 18.1 Å². The van der Waals surface area contributed by atoms with Crippen LogP contribution >= 0.6 is 0 Å². The summed E-state index contributed by atoms with van der Waals surface area (Å²) in [6.45, 7) is 5.36. The SMILES string of the molecule is CCn1ccc2c(CC3CNCCN3c3c(C#N)c(=O)n(C)c4cccnc34)cccc21. The van der Waals surface area contributed by atoms with Crippen molar-refractivity contribution in [3.8, 4) is 6.07 Å². The lowest BCUT2D eigenvalue weighted by atomic mass is 9.98. The van der Waals surface area contributed by atoms with E-state index < -0.39 is 0 Å². The maximum absolute atomic E-state index is 13.0. The second-order valence-electron chi connectivity index (χ2n) is 8.28. The molecular weight excluding hydrogens is 400 g/mol. The fraction of sp³-hybridized carbons (Fsp3) is 0.320. The summed E-state index contributed by atoms with van der Waals surface area (Å²) in [5.74, 6) is 0. The molecule has 1 saturated heterocycles. The van der Waals surface area contributed by atoms with E-state index in [-0.39, 0.29) is 17.2 Å². The molecule has 1 unspecified atom stereocenters. The maximum Gasteiger partial charge on any atom is 0.270 e. The Morgan fingerprint density at radius 2 is 2.06 bits per heavy atom. The van der Waals surface area contributed by atoms with E-state index in [2.05, 4.69) is 63.2 Å². The van der Waals surface area contributed by atoms with Gasteiger partial charge in [-0.2, -0.15) is 5.26 Å². The number of hydrogen-bond donors (Lipinski definition) is 1. The first-order valence-electron chi connectivity index (χ1n) is 11.1. The second-order valence-corrected chi connectivity index (χ2v) is 8.28. The highest BCUT2D eigenvalue weighted by atomic mass is 16.1. The summed E-state index contributed by atoms with van der Waals surface area (Å²) >= 11 is 0. The molecule has 0 aliphatic carbocycles. The van der Waals surface area contributed by atoms with E-state index in [1.54, 1.807) is 13.2 Å². The summed E-state index contributed by atoms with van der Waals surface area (Å²) in [6, 6.07) is 14.6. The van der Waals surface area contributed by atoms with Crippen LogP contribution in [0.25, 0.3) is 21.9 Å². The van der Waals surface area contributed by atoms with Crippen molar-refractivity contribution < 1.29 is 0 Å². The van der Waals surface area contributed by atoms with Crippen molar-refractivity contribution >= 4 is 27.6 Å². The number of anilines is 1. The third-order valence-electron chi connectivity index (χ3n) is 6.58. The van der Waals surface area contributed by atoms with E-state index in [1.165, 1.54) is 21.0 Å². The van der Waals surface area contributed by atoms with Crippen LogP contribution in [0.3, 0.4) is 0 Å². The van der Waals surface area contributed by atoms with E-state index in [0.29, 0.717) is 17.7 Å². The van der Waals surface area contributed by atoms with Crippen LogP contribution in [0.4, 0.5) is 5.69 Å². The Morgan fingerprint density at radius 1 is 1.22 bits per heavy atom. The number of nitrogens with one attached hydrogen (secondary N) is 1. The topological polar surface area (TPSA) is 78.9 Å². The van der Waals surface area contributed by atoms with Crippen LogP contribution in [0, 0.1) is 11.3 Å². The minimum Gasteiger partial charge on any atom is -0.363 e. The van der Waals surface area contributed by atoms with Gasteiger partial charge in [0.15, 0.2) is 0 Å². The second kappa shape index (κ2) is 8.13. The first-order chi connectivity index (χ1) is 15.6. The van der Waals surface area contributed by atoms with Gasteiger partial charge in [-0.25, -0.2) is 0 Å². The van der Waals surface area contributed by atoms with Crippen LogP contribution in [0.15, 0.2) is 53.6 Å². The Morgan fingerprint density at radius 3 is 2.88 bits per heavy atom. The van der Waals surface area contributed by atoms with Gasteiger partial charge in [-0.15, -0.1) is 0 Å². The van der Waals surface area contributed by atoms with Gasteiger partial charge >= 0.3 is 0 Å². The number of nitrogens with zero attached hydrogens (tertiary/aromatic N) is 5. The highest BCUT2D eigenvalue weighted by molar-refractivity contribution is 5.92. The number of aryl methyl sites for hydroxylation is 2. The molecule has 7 nitrogen and oxygen atoms in total. The van der Waals surface area contributed by atoms with Crippen LogP contribution in [-0.2, 0) is 20.0 Å². The molecule has 32 heavy (non-hydrogen) atoms. The predicted octanol–water partition coefficient (Wildman–Crippen LogP) is 2.80. The molecule has 162 valence electrons. The summed E-state index contributed by atoms with van der Waals surface area (Å²) in [5.41, 5.74) is 4.50. The average molecular weight is 427 g/mol. The van der Waals surface area contributed by atoms with Crippen LogP contribution in [0.2, 0.25) is 0 Å². The standard InChI is InChI=1S/C25H26N6O/c1-3-30-12-9-19-17(6-4-7-21(19)30)14-18-16-27-11-13-31(18)24-20(15-26)25(32)29(2)22-8-5-10-28-23(22)24/h4-10,12,18,27H,3,11,13-14,16H2,1-2H3. The highest BCUT2D eigenvalue weighted by Crippen LogP contribution is 2.31. The Hall–Kier alpha value is -3.63. The number of piperazine rings is 1. The molecule has 1 aliphatic rings. The van der Waals surface area contributed by atoms with Crippen molar-refractivity contribution in [3.05, 3.63) is 70.3 Å². The Labute approximate surface area is 186 Å². The molecule has 1 aliphatic heterocycles. The smallest absolute Gasteiger partial charge is 0.270 e. The van der Waals surface area contributed by atoms with Gasteiger partial charge < -0.3 is 19.4 Å². The van der Waals surface area contributed by atoms with Crippen LogP contribution in [0.5, 0.6) is 0 Å². The summed E-state index contributed by atoms with van der Waals surface area (Å²) in [7, 11) is 1.70. The van der Waals surface area contributed by atoms with Crippen molar-refractivity contribution in [2.45, 2.75) is 25.9 Å². The Bertz CT molecular complexity index is 1410. The predicted molar refractivity (Wildman–Crippen MR) is 127 cm³/mol. The first-order valence-corrected chi connectivity index (χ1v) is 11.1. The van der Waals surface area contributed by atoms with E-state index in [9.17, 15) is 10.1 Å². The minimum absolute atomic E-state index is 0.101. The van der Waals surface area contributed by atoms with Gasteiger partial charge in [-0.05, 0) is 43.2 Å². The Kier molecular flexibility index (Phi) is 5.16. The Balaban J connectivity index is 1.64. The summed E-state index contributed by atoms with van der Waals surface area (Å²) in [6.07, 6.45) is 4.67. The molecule has 1 atom stereocenters. The normalized spacial score (nSPS) is 16.5. The van der Waals surface area contributed by atoms with Crippen molar-refractivity contribution in [1.82, 2.24) is 19.4 Å². The van der Waals surface area contributed by atoms with Gasteiger partial charge in [0.05, 0.1) is 11.2 Å². The molecule has 0 saturated carbocycles. The van der Waals surface area contributed by atoms with Crippen molar-refractivity contribution in [2.75, 3.05) is 24.5 Å². The largest absolute Gasteiger partial charge is 0.363 e. The lowest BCUT2D eigenvalue weighted by Gasteiger charge is -2.39.